The van der Waals surface area contributed by atoms with Crippen molar-refractivity contribution >= 4 is 5.97 Å². The van der Waals surface area contributed by atoms with E-state index in [9.17, 15) is 39.9 Å². The third kappa shape index (κ3) is 3.00. The Labute approximate surface area is 105 Å². The smallest absolute Gasteiger partial charge is 0.444 e. The Bertz CT molecular complexity index is 394. The summed E-state index contributed by atoms with van der Waals surface area (Å²) in [6, 6.07) is -7.64. The maximum atomic E-state index is 12.9. The number of hydrogen-bond acceptors (Lipinski definition) is 3. The lowest BCUT2D eigenvalue weighted by molar-refractivity contribution is -0.225. The number of alkyl halides is 6. The summed E-state index contributed by atoms with van der Waals surface area (Å²) in [6.07, 6.45) is -7.78. The van der Waals surface area contributed by atoms with Gasteiger partial charge in [0.2, 0.25) is 0 Å². The van der Waals surface area contributed by atoms with Crippen LogP contribution in [-0.4, -0.2) is 51.7 Å². The van der Waals surface area contributed by atoms with Gasteiger partial charge in [-0.15, -0.1) is 0 Å². The second-order valence-electron chi connectivity index (χ2n) is 3.41. The average Bonchev–Trinajstić information content (AvgIpc) is 2.64. The number of hydrogen-bond donors (Lipinski definition) is 2. The van der Waals surface area contributed by atoms with Gasteiger partial charge in [-0.3, -0.25) is 4.79 Å². The van der Waals surface area contributed by atoms with Crippen molar-refractivity contribution < 1.29 is 50.1 Å². The summed E-state index contributed by atoms with van der Waals surface area (Å²) in [5.41, 5.74) is 0. The molecule has 0 saturated carbocycles. The molecule has 12 heteroatoms. The number of nitrogens with zero attached hydrogens (tertiary/aromatic N) is 1. The molecule has 118 valence electrons. The van der Waals surface area contributed by atoms with E-state index < -0.39 is 47.6 Å². The molecule has 0 radical (unpaired) electrons. The van der Waals surface area contributed by atoms with Crippen LogP contribution >= 0.6 is 0 Å². The summed E-state index contributed by atoms with van der Waals surface area (Å²) in [5, 5.41) is 16.6. The van der Waals surface area contributed by atoms with E-state index in [0.29, 0.717) is 0 Å². The minimum absolute atomic E-state index is 1.22. The van der Waals surface area contributed by atoms with E-state index in [-0.39, 0.29) is 0 Å². The largest absolute Gasteiger partial charge is 0.480 e. The lowest BCUT2D eigenvalue weighted by Gasteiger charge is -2.13. The highest BCUT2D eigenvalue weighted by Gasteiger charge is 2.94. The molecule has 1 saturated heterocycles. The standard InChI is InChI=1S/C6H5F6NO3.C2H2F2/c7-4(5(8,9)10)6(11,12)13(4)2(1-14)3(15)16;1-2(3)4/h2,14H,1H2,(H,15,16);1H2/t2-,4?,13?;/m0./s1. The van der Waals surface area contributed by atoms with Crippen LogP contribution in [0.4, 0.5) is 35.1 Å². The molecule has 0 bridgehead atoms. The molecule has 1 aliphatic rings. The van der Waals surface area contributed by atoms with Gasteiger partial charge in [0.05, 0.1) is 6.61 Å². The molecule has 0 aromatic carbocycles. The van der Waals surface area contributed by atoms with E-state index in [2.05, 4.69) is 6.58 Å². The van der Waals surface area contributed by atoms with Crippen LogP contribution in [-0.2, 0) is 4.79 Å². The molecule has 0 aromatic rings. The number of aliphatic hydroxyl groups excluding tert-OH is 1. The van der Waals surface area contributed by atoms with Crippen molar-refractivity contribution in [2.45, 2.75) is 24.1 Å². The zero-order chi connectivity index (χ0) is 16.5. The van der Waals surface area contributed by atoms with Crippen LogP contribution in [0.5, 0.6) is 0 Å². The molecule has 1 heterocycles. The fourth-order valence-corrected chi connectivity index (χ4v) is 1.29. The first kappa shape index (κ1) is 18.6. The van der Waals surface area contributed by atoms with Crippen LogP contribution in [0, 0.1) is 0 Å². The molecule has 4 nitrogen and oxygen atoms in total. The van der Waals surface area contributed by atoms with Gasteiger partial charge in [-0.05, 0) is 6.58 Å². The molecule has 2 unspecified atom stereocenters. The van der Waals surface area contributed by atoms with Gasteiger partial charge in [0, 0.05) is 0 Å². The quantitative estimate of drug-likeness (QED) is 0.475. The van der Waals surface area contributed by atoms with Gasteiger partial charge in [-0.1, -0.05) is 0 Å². The van der Waals surface area contributed by atoms with E-state index in [1.165, 1.54) is 0 Å². The fourth-order valence-electron chi connectivity index (χ4n) is 1.29. The number of rotatable bonds is 3. The van der Waals surface area contributed by atoms with Crippen molar-refractivity contribution in [2.24, 2.45) is 0 Å². The Kier molecular flexibility index (Phi) is 5.12. The van der Waals surface area contributed by atoms with Gasteiger partial charge in [0.1, 0.15) is 6.04 Å². The molecule has 3 atom stereocenters. The van der Waals surface area contributed by atoms with Crippen LogP contribution in [0.15, 0.2) is 12.7 Å². The highest BCUT2D eigenvalue weighted by molar-refractivity contribution is 5.74. The van der Waals surface area contributed by atoms with Gasteiger partial charge in [0.25, 0.3) is 6.08 Å². The molecule has 0 amide bonds. The summed E-state index contributed by atoms with van der Waals surface area (Å²) in [6.45, 7) is 0.659. The van der Waals surface area contributed by atoms with Gasteiger partial charge < -0.3 is 10.2 Å². The molecular formula is C8H7F8NO3. The van der Waals surface area contributed by atoms with Crippen molar-refractivity contribution in [1.82, 2.24) is 4.90 Å². The first-order valence-corrected chi connectivity index (χ1v) is 4.51. The van der Waals surface area contributed by atoms with Crippen molar-refractivity contribution in [2.75, 3.05) is 6.61 Å². The topological polar surface area (TPSA) is 60.5 Å². The third-order valence-electron chi connectivity index (χ3n) is 2.13. The van der Waals surface area contributed by atoms with Crippen LogP contribution in [0.1, 0.15) is 0 Å². The average molecular weight is 317 g/mol. The first-order chi connectivity index (χ1) is 8.75. The summed E-state index contributed by atoms with van der Waals surface area (Å²) in [5.74, 6) is -7.21. The molecule has 1 aliphatic heterocycles. The lowest BCUT2D eigenvalue weighted by atomic mass is 10.3. The zero-order valence-corrected chi connectivity index (χ0v) is 9.27. The van der Waals surface area contributed by atoms with Gasteiger partial charge in [-0.2, -0.15) is 35.6 Å². The normalized spacial score (nSPS) is 28.9. The second kappa shape index (κ2) is 5.52. The van der Waals surface area contributed by atoms with Crippen LogP contribution in [0.25, 0.3) is 0 Å². The number of carboxylic acids is 1. The highest BCUT2D eigenvalue weighted by atomic mass is 19.4. The Morgan fingerprint density at radius 2 is 1.60 bits per heavy atom. The number of aliphatic carboxylic acids is 1. The molecule has 20 heavy (non-hydrogen) atoms. The number of carboxylic acid groups (broad SMARTS) is 1. The van der Waals surface area contributed by atoms with Gasteiger partial charge >= 0.3 is 24.0 Å². The van der Waals surface area contributed by atoms with Crippen molar-refractivity contribution in [3.8, 4) is 0 Å². The van der Waals surface area contributed by atoms with E-state index in [1.807, 2.05) is 0 Å². The maximum Gasteiger partial charge on any atom is 0.444 e. The third-order valence-corrected chi connectivity index (χ3v) is 2.13. The Morgan fingerprint density at radius 1 is 1.25 bits per heavy atom. The van der Waals surface area contributed by atoms with Crippen LogP contribution < -0.4 is 0 Å². The summed E-state index contributed by atoms with van der Waals surface area (Å²) < 4.78 is 94.3. The molecule has 2 N–H and O–H groups in total. The monoisotopic (exact) mass is 317 g/mol. The maximum absolute atomic E-state index is 12.9. The number of halogens is 8. The summed E-state index contributed by atoms with van der Waals surface area (Å²) in [4.78, 5) is 9.03. The van der Waals surface area contributed by atoms with E-state index in [1.54, 1.807) is 0 Å². The number of aliphatic hydroxyl groups is 1. The molecule has 1 rings (SSSR count). The minimum Gasteiger partial charge on any atom is -0.480 e. The Balaban J connectivity index is 0.000000796. The van der Waals surface area contributed by atoms with Crippen molar-refractivity contribution in [1.29, 1.82) is 0 Å². The predicted octanol–water partition coefficient (Wildman–Crippen LogP) is 1.97. The zero-order valence-electron chi connectivity index (χ0n) is 9.27. The second-order valence-corrected chi connectivity index (χ2v) is 3.41. The van der Waals surface area contributed by atoms with Crippen LogP contribution in [0.3, 0.4) is 0 Å². The minimum atomic E-state index is -5.95. The molecule has 1 fully saturated rings. The molecule has 0 aromatic heterocycles. The highest BCUT2D eigenvalue weighted by Crippen LogP contribution is 2.64. The van der Waals surface area contributed by atoms with E-state index in [0.717, 1.165) is 0 Å². The molecular weight excluding hydrogens is 310 g/mol. The lowest BCUT2D eigenvalue weighted by Crippen LogP contribution is -2.41. The van der Waals surface area contributed by atoms with Crippen molar-refractivity contribution in [3.05, 3.63) is 12.7 Å². The van der Waals surface area contributed by atoms with Gasteiger partial charge in [-0.25, -0.2) is 4.39 Å². The Morgan fingerprint density at radius 3 is 1.75 bits per heavy atom. The van der Waals surface area contributed by atoms with Gasteiger partial charge in [0.15, 0.2) is 0 Å². The summed E-state index contributed by atoms with van der Waals surface area (Å²) in [7, 11) is 0. The molecule has 0 aliphatic carbocycles. The first-order valence-electron chi connectivity index (χ1n) is 4.51. The van der Waals surface area contributed by atoms with Crippen molar-refractivity contribution in [3.63, 3.8) is 0 Å². The van der Waals surface area contributed by atoms with E-state index >= 15 is 0 Å². The summed E-state index contributed by atoms with van der Waals surface area (Å²) >= 11 is 0. The van der Waals surface area contributed by atoms with E-state index in [4.69, 9.17) is 10.2 Å². The Hall–Kier alpha value is -1.43. The molecule has 0 spiro atoms. The predicted molar refractivity (Wildman–Crippen MR) is 46.5 cm³/mol. The fraction of sp³-hybridized carbons (Fsp3) is 0.625. The SMILES string of the molecule is C=C(F)F.O=C(O)[C@H](CO)N1C(F)(F)C1(F)C(F)(F)F. The number of carbonyl (C=O) groups is 1. The van der Waals surface area contributed by atoms with Crippen LogP contribution in [0.2, 0.25) is 0 Å².